The van der Waals surface area contributed by atoms with Crippen LogP contribution in [-0.4, -0.2) is 24.5 Å². The summed E-state index contributed by atoms with van der Waals surface area (Å²) in [4.78, 5) is 2.43. The molecule has 2 nitrogen and oxygen atoms in total. The van der Waals surface area contributed by atoms with Crippen LogP contribution in [0.3, 0.4) is 0 Å². The third-order valence-electron chi connectivity index (χ3n) is 3.17. The summed E-state index contributed by atoms with van der Waals surface area (Å²) in [6.07, 6.45) is 1.29. The van der Waals surface area contributed by atoms with Gasteiger partial charge >= 0.3 is 0 Å². The van der Waals surface area contributed by atoms with Gasteiger partial charge in [-0.05, 0) is 31.7 Å². The van der Waals surface area contributed by atoms with Crippen LogP contribution in [0.15, 0.2) is 0 Å². The van der Waals surface area contributed by atoms with Gasteiger partial charge in [-0.2, -0.15) is 5.26 Å². The summed E-state index contributed by atoms with van der Waals surface area (Å²) in [7, 11) is 0. The predicted octanol–water partition coefficient (Wildman–Crippen LogP) is 2.12. The second-order valence-electron chi connectivity index (χ2n) is 4.53. The number of piperidine rings is 1. The molecule has 1 heterocycles. The van der Waals surface area contributed by atoms with Crippen molar-refractivity contribution < 1.29 is 0 Å². The van der Waals surface area contributed by atoms with E-state index in [4.69, 9.17) is 5.26 Å². The topological polar surface area (TPSA) is 27.0 Å². The molecule has 0 aromatic rings. The minimum absolute atomic E-state index is 0.181. The number of hydrogen-bond donors (Lipinski definition) is 0. The standard InChI is InChI=1S/C11H20N2/c1-9(6-12)7-13-5-4-10(2)11(3)8-13/h9-11H,4-5,7-8H2,1-3H3. The van der Waals surface area contributed by atoms with Gasteiger partial charge < -0.3 is 4.90 Å². The zero-order valence-corrected chi connectivity index (χ0v) is 8.95. The highest BCUT2D eigenvalue weighted by Crippen LogP contribution is 2.22. The summed E-state index contributed by atoms with van der Waals surface area (Å²) in [5.41, 5.74) is 0. The second-order valence-corrected chi connectivity index (χ2v) is 4.53. The Hall–Kier alpha value is -0.550. The Kier molecular flexibility index (Phi) is 3.74. The molecule has 1 aliphatic rings. The molecular weight excluding hydrogens is 160 g/mol. The van der Waals surface area contributed by atoms with E-state index in [2.05, 4.69) is 24.8 Å². The van der Waals surface area contributed by atoms with Gasteiger partial charge in [0.25, 0.3) is 0 Å². The van der Waals surface area contributed by atoms with Crippen molar-refractivity contribution >= 4 is 0 Å². The molecule has 3 atom stereocenters. The fourth-order valence-electron chi connectivity index (χ4n) is 1.94. The van der Waals surface area contributed by atoms with Gasteiger partial charge in [-0.15, -0.1) is 0 Å². The fourth-order valence-corrected chi connectivity index (χ4v) is 1.94. The minimum atomic E-state index is 0.181. The molecule has 0 spiro atoms. The molecule has 0 saturated carbocycles. The molecule has 0 amide bonds. The first-order valence-electron chi connectivity index (χ1n) is 5.25. The van der Waals surface area contributed by atoms with E-state index in [-0.39, 0.29) is 5.92 Å². The quantitative estimate of drug-likeness (QED) is 0.651. The molecule has 0 aliphatic carbocycles. The van der Waals surface area contributed by atoms with E-state index >= 15 is 0 Å². The van der Waals surface area contributed by atoms with E-state index in [1.165, 1.54) is 19.5 Å². The first-order valence-corrected chi connectivity index (χ1v) is 5.25. The van der Waals surface area contributed by atoms with Crippen LogP contribution >= 0.6 is 0 Å². The first kappa shape index (κ1) is 10.5. The van der Waals surface area contributed by atoms with Crippen LogP contribution in [0.2, 0.25) is 0 Å². The lowest BCUT2D eigenvalue weighted by Gasteiger charge is -2.35. The predicted molar refractivity (Wildman–Crippen MR) is 54.2 cm³/mol. The van der Waals surface area contributed by atoms with Crippen LogP contribution in [0.1, 0.15) is 27.2 Å². The summed E-state index contributed by atoms with van der Waals surface area (Å²) in [5, 5.41) is 8.71. The molecule has 0 radical (unpaired) electrons. The Morgan fingerprint density at radius 2 is 2.15 bits per heavy atom. The zero-order valence-electron chi connectivity index (χ0n) is 8.95. The van der Waals surface area contributed by atoms with E-state index < -0.39 is 0 Å². The summed E-state index contributed by atoms with van der Waals surface area (Å²) in [5.74, 6) is 1.83. The first-order chi connectivity index (χ1) is 6.13. The van der Waals surface area contributed by atoms with Gasteiger partial charge in [-0.3, -0.25) is 0 Å². The Labute approximate surface area is 81.5 Å². The van der Waals surface area contributed by atoms with Gasteiger partial charge in [-0.25, -0.2) is 0 Å². The second kappa shape index (κ2) is 4.62. The Morgan fingerprint density at radius 1 is 1.46 bits per heavy atom. The highest BCUT2D eigenvalue weighted by atomic mass is 15.1. The monoisotopic (exact) mass is 180 g/mol. The molecule has 13 heavy (non-hydrogen) atoms. The maximum Gasteiger partial charge on any atom is 0.0666 e. The Balaban J connectivity index is 2.34. The van der Waals surface area contributed by atoms with Gasteiger partial charge in [0.05, 0.1) is 12.0 Å². The van der Waals surface area contributed by atoms with E-state index in [0.717, 1.165) is 18.4 Å². The normalized spacial score (nSPS) is 32.5. The highest BCUT2D eigenvalue weighted by Gasteiger charge is 2.23. The Morgan fingerprint density at radius 3 is 2.69 bits per heavy atom. The van der Waals surface area contributed by atoms with E-state index in [0.29, 0.717) is 0 Å². The van der Waals surface area contributed by atoms with Crippen LogP contribution in [0, 0.1) is 29.1 Å². The third-order valence-corrected chi connectivity index (χ3v) is 3.17. The van der Waals surface area contributed by atoms with Gasteiger partial charge in [0.2, 0.25) is 0 Å². The summed E-state index contributed by atoms with van der Waals surface area (Å²) >= 11 is 0. The molecule has 1 fully saturated rings. The average molecular weight is 180 g/mol. The van der Waals surface area contributed by atoms with Crippen LogP contribution in [0.4, 0.5) is 0 Å². The lowest BCUT2D eigenvalue weighted by Crippen LogP contribution is -2.40. The molecule has 1 saturated heterocycles. The van der Waals surface area contributed by atoms with Crippen molar-refractivity contribution in [1.29, 1.82) is 5.26 Å². The largest absolute Gasteiger partial charge is 0.302 e. The van der Waals surface area contributed by atoms with Crippen LogP contribution < -0.4 is 0 Å². The number of nitrogens with zero attached hydrogens (tertiary/aromatic N) is 2. The lowest BCUT2D eigenvalue weighted by molar-refractivity contribution is 0.131. The van der Waals surface area contributed by atoms with E-state index in [1.54, 1.807) is 0 Å². The zero-order chi connectivity index (χ0) is 9.84. The van der Waals surface area contributed by atoms with Gasteiger partial charge in [0.1, 0.15) is 0 Å². The van der Waals surface area contributed by atoms with Crippen molar-refractivity contribution in [2.24, 2.45) is 17.8 Å². The smallest absolute Gasteiger partial charge is 0.0666 e. The summed E-state index contributed by atoms with van der Waals surface area (Å²) in [6, 6.07) is 2.30. The molecule has 74 valence electrons. The van der Waals surface area contributed by atoms with Crippen LogP contribution in [0.5, 0.6) is 0 Å². The molecule has 3 unspecified atom stereocenters. The number of likely N-dealkylation sites (tertiary alicyclic amines) is 1. The van der Waals surface area contributed by atoms with Crippen molar-refractivity contribution in [3.05, 3.63) is 0 Å². The molecule has 0 aromatic heterocycles. The molecule has 0 N–H and O–H groups in total. The van der Waals surface area contributed by atoms with Crippen molar-refractivity contribution in [1.82, 2.24) is 4.90 Å². The number of rotatable bonds is 2. The molecule has 0 bridgehead atoms. The lowest BCUT2D eigenvalue weighted by atomic mass is 9.88. The molecule has 0 aromatic carbocycles. The summed E-state index contributed by atoms with van der Waals surface area (Å²) in [6.45, 7) is 9.95. The molecule has 1 aliphatic heterocycles. The van der Waals surface area contributed by atoms with Crippen molar-refractivity contribution in [3.8, 4) is 6.07 Å². The van der Waals surface area contributed by atoms with Crippen LogP contribution in [0.25, 0.3) is 0 Å². The molecule has 2 heteroatoms. The summed E-state index contributed by atoms with van der Waals surface area (Å²) < 4.78 is 0. The van der Waals surface area contributed by atoms with E-state index in [1.807, 2.05) is 6.92 Å². The molecular formula is C11H20N2. The fraction of sp³-hybridized carbons (Fsp3) is 0.909. The molecule has 1 rings (SSSR count). The van der Waals surface area contributed by atoms with Crippen molar-refractivity contribution in [3.63, 3.8) is 0 Å². The van der Waals surface area contributed by atoms with Crippen LogP contribution in [-0.2, 0) is 0 Å². The minimum Gasteiger partial charge on any atom is -0.302 e. The maximum absolute atomic E-state index is 8.71. The number of nitriles is 1. The number of hydrogen-bond acceptors (Lipinski definition) is 2. The van der Waals surface area contributed by atoms with Gasteiger partial charge in [-0.1, -0.05) is 13.8 Å². The SMILES string of the molecule is CC(C#N)CN1CCC(C)C(C)C1. The van der Waals surface area contributed by atoms with Gasteiger partial charge in [0, 0.05) is 13.1 Å². The van der Waals surface area contributed by atoms with Crippen molar-refractivity contribution in [2.45, 2.75) is 27.2 Å². The highest BCUT2D eigenvalue weighted by molar-refractivity contribution is 4.84. The van der Waals surface area contributed by atoms with Gasteiger partial charge in [0.15, 0.2) is 0 Å². The average Bonchev–Trinajstić information content (AvgIpc) is 2.11. The third kappa shape index (κ3) is 3.00. The van der Waals surface area contributed by atoms with E-state index in [9.17, 15) is 0 Å². The maximum atomic E-state index is 8.71. The van der Waals surface area contributed by atoms with Crippen molar-refractivity contribution in [2.75, 3.05) is 19.6 Å². The Bertz CT molecular complexity index is 195.